The Labute approximate surface area is 179 Å². The average molecular weight is 479 g/mol. The summed E-state index contributed by atoms with van der Waals surface area (Å²) in [5, 5.41) is 11.3. The molecule has 0 saturated heterocycles. The van der Waals surface area contributed by atoms with Crippen LogP contribution < -0.4 is 10.1 Å². The van der Waals surface area contributed by atoms with Gasteiger partial charge in [-0.05, 0) is 65.2 Å². The molecule has 1 N–H and O–H groups in total. The minimum Gasteiger partial charge on any atom is -0.495 e. The molecule has 1 saturated carbocycles. The highest BCUT2D eigenvalue weighted by Crippen LogP contribution is 2.45. The van der Waals surface area contributed by atoms with Crippen LogP contribution in [0.1, 0.15) is 18.5 Å². The molecular weight excluding hydrogens is 461 g/mol. The molecule has 0 amide bonds. The molecule has 3 aromatic rings. The lowest BCUT2D eigenvalue weighted by molar-refractivity contribution is 0.0964. The summed E-state index contributed by atoms with van der Waals surface area (Å²) in [4.78, 5) is 4.13. The molecule has 0 radical (unpaired) electrons. The number of pyridine rings is 1. The molecule has 2 heterocycles. The van der Waals surface area contributed by atoms with E-state index in [-0.39, 0.29) is 30.6 Å². The Kier molecular flexibility index (Phi) is 5.64. The van der Waals surface area contributed by atoms with Gasteiger partial charge < -0.3 is 10.1 Å². The van der Waals surface area contributed by atoms with E-state index in [1.165, 1.54) is 31.5 Å². The quantitative estimate of drug-likeness (QED) is 0.535. The molecule has 0 bridgehead atoms. The van der Waals surface area contributed by atoms with Gasteiger partial charge in [0.1, 0.15) is 29.4 Å². The second-order valence-electron chi connectivity index (χ2n) is 7.21. The molecule has 0 spiro atoms. The molecular formula is C21H18BrF3N4O. The summed E-state index contributed by atoms with van der Waals surface area (Å²) < 4.78 is 48.2. The van der Waals surface area contributed by atoms with Crippen LogP contribution in [0.25, 0.3) is 11.3 Å². The van der Waals surface area contributed by atoms with Gasteiger partial charge in [-0.15, -0.1) is 10.2 Å². The van der Waals surface area contributed by atoms with Gasteiger partial charge in [0, 0.05) is 18.2 Å². The molecule has 156 valence electrons. The number of benzene rings is 1. The third kappa shape index (κ3) is 3.74. The summed E-state index contributed by atoms with van der Waals surface area (Å²) in [7, 11) is 1.44. The maximum absolute atomic E-state index is 14.4. The number of nitrogens with one attached hydrogen (secondary N) is 1. The van der Waals surface area contributed by atoms with Crippen LogP contribution in [-0.2, 0) is 5.41 Å². The van der Waals surface area contributed by atoms with E-state index in [9.17, 15) is 13.2 Å². The van der Waals surface area contributed by atoms with E-state index in [1.807, 2.05) is 0 Å². The van der Waals surface area contributed by atoms with Crippen molar-refractivity contribution in [2.24, 2.45) is 0 Å². The Bertz CT molecular complexity index is 1060. The monoisotopic (exact) mass is 478 g/mol. The Balaban J connectivity index is 1.55. The predicted octanol–water partition coefficient (Wildman–Crippen LogP) is 5.07. The van der Waals surface area contributed by atoms with E-state index < -0.39 is 23.2 Å². The number of hydrogen-bond donors (Lipinski definition) is 1. The van der Waals surface area contributed by atoms with Crippen molar-refractivity contribution in [2.75, 3.05) is 19.0 Å². The summed E-state index contributed by atoms with van der Waals surface area (Å²) in [5.41, 5.74) is -0.00615. The lowest BCUT2D eigenvalue weighted by Gasteiger charge is -2.44. The summed E-state index contributed by atoms with van der Waals surface area (Å²) in [6.45, 7) is 0.254. The summed E-state index contributed by atoms with van der Waals surface area (Å²) >= 11 is 3.33. The van der Waals surface area contributed by atoms with Crippen molar-refractivity contribution in [2.45, 2.75) is 24.4 Å². The van der Waals surface area contributed by atoms with Gasteiger partial charge in [0.25, 0.3) is 0 Å². The van der Waals surface area contributed by atoms with E-state index in [4.69, 9.17) is 4.74 Å². The fraction of sp³-hybridized carbons (Fsp3) is 0.286. The number of alkyl halides is 1. The molecule has 9 heteroatoms. The van der Waals surface area contributed by atoms with Crippen molar-refractivity contribution in [1.82, 2.24) is 15.2 Å². The first-order valence-corrected chi connectivity index (χ1v) is 10.1. The van der Waals surface area contributed by atoms with Crippen molar-refractivity contribution in [3.05, 3.63) is 64.4 Å². The fourth-order valence-electron chi connectivity index (χ4n) is 3.78. The van der Waals surface area contributed by atoms with Crippen LogP contribution in [0.3, 0.4) is 0 Å². The molecule has 0 aliphatic heterocycles. The molecule has 0 unspecified atom stereocenters. The molecule has 0 atom stereocenters. The SMILES string of the molecule is COc1c(Br)ccc(F)c1-c1ccc(NCC2(c3ncccc3F)CC(F)C2)nn1. The van der Waals surface area contributed by atoms with E-state index in [0.29, 0.717) is 21.7 Å². The first kappa shape index (κ1) is 20.6. The second kappa shape index (κ2) is 8.22. The van der Waals surface area contributed by atoms with Gasteiger partial charge in [-0.2, -0.15) is 0 Å². The largest absolute Gasteiger partial charge is 0.495 e. The van der Waals surface area contributed by atoms with Crippen LogP contribution in [-0.4, -0.2) is 35.0 Å². The Hall–Kier alpha value is -2.68. The molecule has 5 nitrogen and oxygen atoms in total. The first-order chi connectivity index (χ1) is 14.4. The molecule has 1 aliphatic rings. The maximum atomic E-state index is 14.4. The number of aromatic nitrogens is 3. The average Bonchev–Trinajstić information content (AvgIpc) is 2.72. The zero-order valence-electron chi connectivity index (χ0n) is 16.0. The highest BCUT2D eigenvalue weighted by atomic mass is 79.9. The lowest BCUT2D eigenvalue weighted by atomic mass is 9.65. The fourth-order valence-corrected chi connectivity index (χ4v) is 4.27. The van der Waals surface area contributed by atoms with Crippen molar-refractivity contribution in [3.63, 3.8) is 0 Å². The Morgan fingerprint density at radius 3 is 2.57 bits per heavy atom. The summed E-state index contributed by atoms with van der Waals surface area (Å²) in [5.74, 6) is -0.216. The van der Waals surface area contributed by atoms with Gasteiger partial charge in [-0.3, -0.25) is 4.98 Å². The van der Waals surface area contributed by atoms with Crippen LogP contribution in [0.4, 0.5) is 19.0 Å². The molecule has 2 aromatic heterocycles. The molecule has 1 fully saturated rings. The van der Waals surface area contributed by atoms with Crippen molar-refractivity contribution >= 4 is 21.7 Å². The zero-order valence-corrected chi connectivity index (χ0v) is 17.6. The van der Waals surface area contributed by atoms with E-state index in [1.54, 1.807) is 18.2 Å². The number of hydrogen-bond acceptors (Lipinski definition) is 5. The highest BCUT2D eigenvalue weighted by molar-refractivity contribution is 9.10. The van der Waals surface area contributed by atoms with Crippen molar-refractivity contribution < 1.29 is 17.9 Å². The van der Waals surface area contributed by atoms with Crippen molar-refractivity contribution in [3.8, 4) is 17.0 Å². The third-order valence-corrected chi connectivity index (χ3v) is 5.90. The van der Waals surface area contributed by atoms with Gasteiger partial charge in [0.2, 0.25) is 0 Å². The third-order valence-electron chi connectivity index (χ3n) is 5.28. The predicted molar refractivity (Wildman–Crippen MR) is 110 cm³/mol. The van der Waals surface area contributed by atoms with Crippen LogP contribution in [0, 0.1) is 11.6 Å². The number of nitrogens with zero attached hydrogens (tertiary/aromatic N) is 3. The molecule has 1 aliphatic carbocycles. The highest BCUT2D eigenvalue weighted by Gasteiger charge is 2.48. The number of methoxy groups -OCH3 is 1. The number of rotatable bonds is 6. The maximum Gasteiger partial charge on any atom is 0.148 e. The summed E-state index contributed by atoms with van der Waals surface area (Å²) in [6.07, 6.45) is 0.869. The first-order valence-electron chi connectivity index (χ1n) is 9.28. The van der Waals surface area contributed by atoms with E-state index in [0.717, 1.165) is 0 Å². The van der Waals surface area contributed by atoms with Crippen molar-refractivity contribution in [1.29, 1.82) is 0 Å². The molecule has 4 rings (SSSR count). The van der Waals surface area contributed by atoms with E-state index in [2.05, 4.69) is 36.4 Å². The molecule has 1 aromatic carbocycles. The van der Waals surface area contributed by atoms with Gasteiger partial charge in [0.15, 0.2) is 0 Å². The van der Waals surface area contributed by atoms with Crippen LogP contribution in [0.5, 0.6) is 5.75 Å². The standard InChI is InChI=1S/C21H18BrF3N4O/c1-30-19-13(22)4-5-14(24)18(19)16-6-7-17(29-28-16)27-11-21(9-12(23)10-21)20-15(25)3-2-8-26-20/h2-8,12H,9-11H2,1H3,(H,27,29). The van der Waals surface area contributed by atoms with Gasteiger partial charge in [0.05, 0.1) is 28.5 Å². The Morgan fingerprint density at radius 1 is 1.13 bits per heavy atom. The Morgan fingerprint density at radius 2 is 1.93 bits per heavy atom. The van der Waals surface area contributed by atoms with E-state index >= 15 is 0 Å². The number of anilines is 1. The van der Waals surface area contributed by atoms with Crippen LogP contribution in [0.15, 0.2) is 47.1 Å². The normalized spacial score (nSPS) is 20.5. The van der Waals surface area contributed by atoms with Gasteiger partial charge >= 0.3 is 0 Å². The minimum absolute atomic E-state index is 0.180. The van der Waals surface area contributed by atoms with Gasteiger partial charge in [-0.1, -0.05) is 0 Å². The second-order valence-corrected chi connectivity index (χ2v) is 8.07. The summed E-state index contributed by atoms with van der Waals surface area (Å²) in [6, 6.07) is 8.93. The number of ether oxygens (including phenoxy) is 1. The zero-order chi connectivity index (χ0) is 21.3. The number of halogens is 4. The van der Waals surface area contributed by atoms with Gasteiger partial charge in [-0.25, -0.2) is 13.2 Å². The minimum atomic E-state index is -0.992. The van der Waals surface area contributed by atoms with Crippen LogP contribution >= 0.6 is 15.9 Å². The topological polar surface area (TPSA) is 59.9 Å². The molecule has 30 heavy (non-hydrogen) atoms. The lowest BCUT2D eigenvalue weighted by Crippen LogP contribution is -2.49. The smallest absolute Gasteiger partial charge is 0.148 e. The van der Waals surface area contributed by atoms with Crippen LogP contribution in [0.2, 0.25) is 0 Å².